The van der Waals surface area contributed by atoms with Gasteiger partial charge < -0.3 is 0 Å². The molecular weight excluding hydrogens is 458 g/mol. The number of rotatable bonds is 8. The Hall–Kier alpha value is -4.23. The first-order valence-corrected chi connectivity index (χ1v) is 12.5. The molecule has 0 bridgehead atoms. The van der Waals surface area contributed by atoms with Crippen LogP contribution >= 0.6 is 0 Å². The third kappa shape index (κ3) is 5.65. The molecule has 176 valence electrons. The zero-order valence-corrected chi connectivity index (χ0v) is 20.0. The maximum absolute atomic E-state index is 13.7. The molecule has 6 nitrogen and oxygen atoms in total. The first kappa shape index (κ1) is 23.9. The Morgan fingerprint density at radius 3 is 1.97 bits per heavy atom. The Morgan fingerprint density at radius 1 is 0.771 bits per heavy atom. The smallest absolute Gasteiger partial charge is 0.267 e. The van der Waals surface area contributed by atoms with Crippen LogP contribution in [0.15, 0.2) is 125 Å². The third-order valence-electron chi connectivity index (χ3n) is 5.43. The summed E-state index contributed by atoms with van der Waals surface area (Å²) in [7, 11) is -3.97. The van der Waals surface area contributed by atoms with E-state index in [1.54, 1.807) is 61.5 Å². The summed E-state index contributed by atoms with van der Waals surface area (Å²) in [6, 6.07) is 33.6. The van der Waals surface area contributed by atoms with Crippen LogP contribution in [0, 0.1) is 0 Å². The van der Waals surface area contributed by atoms with Crippen molar-refractivity contribution in [3.05, 3.63) is 132 Å². The molecule has 1 amide bonds. The number of amides is 1. The Balaban J connectivity index is 1.73. The monoisotopic (exact) mass is 483 g/mol. The Labute approximate surface area is 205 Å². The second-order valence-corrected chi connectivity index (χ2v) is 9.69. The van der Waals surface area contributed by atoms with Crippen molar-refractivity contribution in [3.8, 4) is 0 Å². The molecule has 0 aliphatic rings. The van der Waals surface area contributed by atoms with Crippen LogP contribution in [0.3, 0.4) is 0 Å². The summed E-state index contributed by atoms with van der Waals surface area (Å²) in [6.07, 6.45) is 0. The number of nitrogens with zero attached hydrogens (tertiary/aromatic N) is 2. The molecule has 4 aromatic carbocycles. The summed E-state index contributed by atoms with van der Waals surface area (Å²) >= 11 is 0. The number of carbonyl (C=O) groups is 1. The Bertz CT molecular complexity index is 1420. The van der Waals surface area contributed by atoms with Crippen molar-refractivity contribution >= 4 is 27.3 Å². The highest BCUT2D eigenvalue weighted by Crippen LogP contribution is 2.29. The predicted octanol–water partition coefficient (Wildman–Crippen LogP) is 5.24. The molecule has 0 spiro atoms. The van der Waals surface area contributed by atoms with E-state index in [-0.39, 0.29) is 22.7 Å². The fraction of sp³-hybridized carbons (Fsp3) is 0.0714. The number of para-hydroxylation sites is 1. The van der Waals surface area contributed by atoms with Gasteiger partial charge >= 0.3 is 0 Å². The number of hydrogen-bond acceptors (Lipinski definition) is 4. The van der Waals surface area contributed by atoms with Crippen LogP contribution < -0.4 is 9.73 Å². The maximum Gasteiger partial charge on any atom is 0.273 e. The summed E-state index contributed by atoms with van der Waals surface area (Å²) in [5.74, 6) is -0.503. The minimum Gasteiger partial charge on any atom is -0.267 e. The Morgan fingerprint density at radius 2 is 1.31 bits per heavy atom. The van der Waals surface area contributed by atoms with Gasteiger partial charge in [0, 0.05) is 0 Å². The number of nitrogens with one attached hydrogen (secondary N) is 1. The highest BCUT2D eigenvalue weighted by molar-refractivity contribution is 7.92. The molecule has 7 heteroatoms. The molecule has 0 aliphatic heterocycles. The second-order valence-electron chi connectivity index (χ2n) is 7.83. The SMILES string of the molecule is C/C(=N/NC(=O)c1ccccc1N(Cc1ccccc1)S(=O)(=O)c1ccccc1)c1ccccc1. The van der Waals surface area contributed by atoms with Crippen molar-refractivity contribution in [2.45, 2.75) is 18.4 Å². The van der Waals surface area contributed by atoms with Crippen molar-refractivity contribution < 1.29 is 13.2 Å². The van der Waals surface area contributed by atoms with Crippen LogP contribution in [0.1, 0.15) is 28.4 Å². The molecule has 0 saturated carbocycles. The lowest BCUT2D eigenvalue weighted by Gasteiger charge is -2.26. The van der Waals surface area contributed by atoms with Gasteiger partial charge in [0.25, 0.3) is 15.9 Å². The van der Waals surface area contributed by atoms with E-state index in [1.165, 1.54) is 4.31 Å². The molecule has 0 unspecified atom stereocenters. The van der Waals surface area contributed by atoms with Gasteiger partial charge in [-0.3, -0.25) is 9.10 Å². The predicted molar refractivity (Wildman–Crippen MR) is 139 cm³/mol. The van der Waals surface area contributed by atoms with Crippen molar-refractivity contribution in [1.82, 2.24) is 5.43 Å². The lowest BCUT2D eigenvalue weighted by atomic mass is 10.1. The number of sulfonamides is 1. The molecular formula is C28H25N3O3S. The first-order valence-electron chi connectivity index (χ1n) is 11.1. The molecule has 35 heavy (non-hydrogen) atoms. The highest BCUT2D eigenvalue weighted by Gasteiger charge is 2.28. The van der Waals surface area contributed by atoms with Crippen molar-refractivity contribution in [2.24, 2.45) is 5.10 Å². The average molecular weight is 484 g/mol. The van der Waals surface area contributed by atoms with Crippen molar-refractivity contribution in [3.63, 3.8) is 0 Å². The molecule has 0 aliphatic carbocycles. The van der Waals surface area contributed by atoms with Gasteiger partial charge in [-0.2, -0.15) is 5.10 Å². The van der Waals surface area contributed by atoms with Gasteiger partial charge in [-0.25, -0.2) is 13.8 Å². The van der Waals surface area contributed by atoms with Gasteiger partial charge in [-0.05, 0) is 42.3 Å². The van der Waals surface area contributed by atoms with Gasteiger partial charge in [0.2, 0.25) is 0 Å². The van der Waals surface area contributed by atoms with E-state index in [0.29, 0.717) is 5.71 Å². The third-order valence-corrected chi connectivity index (χ3v) is 7.21. The van der Waals surface area contributed by atoms with Gasteiger partial charge in [0.1, 0.15) is 0 Å². The second kappa shape index (κ2) is 10.8. The van der Waals surface area contributed by atoms with E-state index in [9.17, 15) is 13.2 Å². The molecule has 0 fully saturated rings. The molecule has 4 rings (SSSR count). The van der Waals surface area contributed by atoms with Gasteiger partial charge in [0.05, 0.1) is 28.4 Å². The minimum absolute atomic E-state index is 0.0642. The van der Waals surface area contributed by atoms with Crippen LogP contribution in [0.2, 0.25) is 0 Å². The molecule has 1 N–H and O–H groups in total. The van der Waals surface area contributed by atoms with E-state index >= 15 is 0 Å². The van der Waals surface area contributed by atoms with E-state index in [2.05, 4.69) is 10.5 Å². The quantitative estimate of drug-likeness (QED) is 0.275. The van der Waals surface area contributed by atoms with Gasteiger partial charge in [-0.1, -0.05) is 91.0 Å². The average Bonchev–Trinajstić information content (AvgIpc) is 2.91. The summed E-state index contributed by atoms with van der Waals surface area (Å²) in [6.45, 7) is 1.86. The minimum atomic E-state index is -3.97. The molecule has 0 atom stereocenters. The van der Waals surface area contributed by atoms with E-state index in [0.717, 1.165) is 11.1 Å². The topological polar surface area (TPSA) is 78.8 Å². The van der Waals surface area contributed by atoms with Crippen LogP contribution in [-0.4, -0.2) is 20.0 Å². The molecule has 0 saturated heterocycles. The van der Waals surface area contributed by atoms with Crippen molar-refractivity contribution in [2.75, 3.05) is 4.31 Å². The summed E-state index contributed by atoms with van der Waals surface area (Å²) in [5.41, 5.74) is 5.34. The van der Waals surface area contributed by atoms with Gasteiger partial charge in [-0.15, -0.1) is 0 Å². The Kier molecular flexibility index (Phi) is 7.38. The van der Waals surface area contributed by atoms with Crippen LogP contribution in [0.4, 0.5) is 5.69 Å². The molecule has 0 aromatic heterocycles. The van der Waals surface area contributed by atoms with E-state index < -0.39 is 15.9 Å². The standard InChI is InChI=1S/C28H25N3O3S/c1-22(24-15-7-3-8-16-24)29-30-28(32)26-19-11-12-20-27(26)31(21-23-13-5-2-6-14-23)35(33,34)25-17-9-4-10-18-25/h2-20H,21H2,1H3,(H,30,32)/b29-22-. The fourth-order valence-electron chi connectivity index (χ4n) is 3.59. The summed E-state index contributed by atoms with van der Waals surface area (Å²) in [4.78, 5) is 13.3. The molecule has 4 aromatic rings. The van der Waals surface area contributed by atoms with Crippen LogP contribution in [0.25, 0.3) is 0 Å². The van der Waals surface area contributed by atoms with Crippen LogP contribution in [-0.2, 0) is 16.6 Å². The lowest BCUT2D eigenvalue weighted by Crippen LogP contribution is -2.33. The fourth-order valence-corrected chi connectivity index (χ4v) is 5.08. The number of hydrogen-bond donors (Lipinski definition) is 1. The summed E-state index contributed by atoms with van der Waals surface area (Å²) in [5, 5.41) is 4.22. The largest absolute Gasteiger partial charge is 0.273 e. The van der Waals surface area contributed by atoms with Crippen molar-refractivity contribution in [1.29, 1.82) is 0 Å². The maximum atomic E-state index is 13.7. The highest BCUT2D eigenvalue weighted by atomic mass is 32.2. The van der Waals surface area contributed by atoms with E-state index in [4.69, 9.17) is 0 Å². The number of benzene rings is 4. The van der Waals surface area contributed by atoms with E-state index in [1.807, 2.05) is 60.7 Å². The van der Waals surface area contributed by atoms with Gasteiger partial charge in [0.15, 0.2) is 0 Å². The van der Waals surface area contributed by atoms with Crippen LogP contribution in [0.5, 0.6) is 0 Å². The lowest BCUT2D eigenvalue weighted by molar-refractivity contribution is 0.0955. The molecule has 0 heterocycles. The zero-order chi connectivity index (χ0) is 24.7. The number of carbonyl (C=O) groups excluding carboxylic acids is 1. The molecule has 0 radical (unpaired) electrons. The normalized spacial score (nSPS) is 11.6. The number of hydrazone groups is 1. The zero-order valence-electron chi connectivity index (χ0n) is 19.2. The number of anilines is 1. The first-order chi connectivity index (χ1) is 17.0. The summed E-state index contributed by atoms with van der Waals surface area (Å²) < 4.78 is 28.7.